The van der Waals surface area contributed by atoms with E-state index in [4.69, 9.17) is 13.0 Å². The second-order valence-electron chi connectivity index (χ2n) is 12.7. The summed E-state index contributed by atoms with van der Waals surface area (Å²) in [6, 6.07) is 2.31. The predicted molar refractivity (Wildman–Crippen MR) is 151 cm³/mol. The second-order valence-corrected chi connectivity index (χ2v) is 25.1. The van der Waals surface area contributed by atoms with Gasteiger partial charge in [-0.3, -0.25) is 4.79 Å². The molecule has 4 nitrogen and oxygen atoms in total. The van der Waals surface area contributed by atoms with E-state index in [0.717, 1.165) is 25.3 Å². The minimum Gasteiger partial charge on any atom is -0.465 e. The molecule has 0 aromatic carbocycles. The first kappa shape index (κ1) is 33.0. The molecule has 0 N–H and O–H groups in total. The van der Waals surface area contributed by atoms with E-state index in [1.54, 1.807) is 0 Å². The highest BCUT2D eigenvalue weighted by atomic mass is 28.5. The van der Waals surface area contributed by atoms with Crippen LogP contribution in [-0.4, -0.2) is 37.8 Å². The highest BCUT2D eigenvalue weighted by molar-refractivity contribution is 6.87. The standard InChI is InChI=1S/C26H58O4Si3/c1-14-17-18-31(8,9)29-33(12,13)30-32(10,11)21-23(6)24(15-2)19-26(7,16-3)25(27)28-20-22(4)5/h22-24H,14-21H2,1-13H3. The molecular formula is C26H58O4Si3. The molecule has 0 saturated carbocycles. The molecule has 0 bridgehead atoms. The summed E-state index contributed by atoms with van der Waals surface area (Å²) in [5.74, 6) is 1.33. The maximum absolute atomic E-state index is 12.9. The van der Waals surface area contributed by atoms with Gasteiger partial charge in [-0.1, -0.05) is 60.8 Å². The molecule has 0 aliphatic heterocycles. The maximum atomic E-state index is 12.9. The van der Waals surface area contributed by atoms with Gasteiger partial charge in [0.2, 0.25) is 0 Å². The highest BCUT2D eigenvalue weighted by Gasteiger charge is 2.42. The van der Waals surface area contributed by atoms with E-state index in [-0.39, 0.29) is 5.97 Å². The van der Waals surface area contributed by atoms with Crippen LogP contribution >= 0.6 is 0 Å². The van der Waals surface area contributed by atoms with Gasteiger partial charge in [0.1, 0.15) is 0 Å². The summed E-state index contributed by atoms with van der Waals surface area (Å²) >= 11 is 0. The van der Waals surface area contributed by atoms with Gasteiger partial charge in [-0.05, 0) is 88.9 Å². The third-order valence-corrected chi connectivity index (χ3v) is 18.4. The van der Waals surface area contributed by atoms with Crippen LogP contribution in [0, 0.1) is 23.2 Å². The van der Waals surface area contributed by atoms with Crippen LogP contribution in [0.1, 0.15) is 80.6 Å². The van der Waals surface area contributed by atoms with Crippen LogP contribution in [0.2, 0.25) is 51.4 Å². The summed E-state index contributed by atoms with van der Waals surface area (Å²) in [5.41, 5.74) is -0.414. The van der Waals surface area contributed by atoms with Gasteiger partial charge in [0.25, 0.3) is 0 Å². The van der Waals surface area contributed by atoms with E-state index in [2.05, 4.69) is 87.7 Å². The first-order chi connectivity index (χ1) is 14.9. The Morgan fingerprint density at radius 2 is 1.45 bits per heavy atom. The number of carbonyl (C=O) groups excluding carboxylic acids is 1. The van der Waals surface area contributed by atoms with E-state index in [1.807, 2.05) is 0 Å². The molecule has 0 aliphatic rings. The van der Waals surface area contributed by atoms with Crippen molar-refractivity contribution in [2.45, 2.75) is 132 Å². The SMILES string of the molecule is CCCC[Si](C)(C)O[Si](C)(C)O[Si](C)(C)CC(C)C(CC)CC(C)(CC)C(=O)OCC(C)C. The summed E-state index contributed by atoms with van der Waals surface area (Å²) in [6.07, 6.45) is 5.25. The lowest BCUT2D eigenvalue weighted by molar-refractivity contribution is -0.157. The molecule has 0 rings (SSSR count). The van der Waals surface area contributed by atoms with Crippen LogP contribution in [-0.2, 0) is 17.8 Å². The van der Waals surface area contributed by atoms with Crippen molar-refractivity contribution in [3.63, 3.8) is 0 Å². The molecule has 198 valence electrons. The number of hydrogen-bond donors (Lipinski definition) is 0. The topological polar surface area (TPSA) is 44.8 Å². The fourth-order valence-corrected chi connectivity index (χ4v) is 20.1. The lowest BCUT2D eigenvalue weighted by Gasteiger charge is -2.41. The quantitative estimate of drug-likeness (QED) is 0.143. The molecule has 0 spiro atoms. The Morgan fingerprint density at radius 3 is 1.91 bits per heavy atom. The van der Waals surface area contributed by atoms with E-state index in [1.165, 1.54) is 18.9 Å². The molecule has 0 radical (unpaired) electrons. The molecule has 0 heterocycles. The van der Waals surface area contributed by atoms with Crippen LogP contribution < -0.4 is 0 Å². The molecule has 3 atom stereocenters. The van der Waals surface area contributed by atoms with Gasteiger partial charge in [0.15, 0.2) is 16.6 Å². The molecular weight excluding hydrogens is 461 g/mol. The zero-order valence-corrected chi connectivity index (χ0v) is 27.5. The van der Waals surface area contributed by atoms with Crippen molar-refractivity contribution in [3.8, 4) is 0 Å². The Kier molecular flexibility index (Phi) is 14.0. The van der Waals surface area contributed by atoms with Gasteiger partial charge in [-0.2, -0.15) is 0 Å². The molecule has 0 saturated heterocycles. The largest absolute Gasteiger partial charge is 0.465 e. The van der Waals surface area contributed by atoms with Crippen molar-refractivity contribution in [1.82, 2.24) is 0 Å². The number of rotatable bonds is 17. The van der Waals surface area contributed by atoms with Gasteiger partial charge in [-0.25, -0.2) is 0 Å². The molecule has 0 fully saturated rings. The smallest absolute Gasteiger partial charge is 0.311 e. The summed E-state index contributed by atoms with van der Waals surface area (Å²) < 4.78 is 19.3. The monoisotopic (exact) mass is 518 g/mol. The van der Waals surface area contributed by atoms with Crippen molar-refractivity contribution in [3.05, 3.63) is 0 Å². The number of esters is 1. The van der Waals surface area contributed by atoms with E-state index < -0.39 is 30.6 Å². The van der Waals surface area contributed by atoms with Gasteiger partial charge >= 0.3 is 14.5 Å². The average Bonchev–Trinajstić information content (AvgIpc) is 2.65. The van der Waals surface area contributed by atoms with Crippen LogP contribution in [0.5, 0.6) is 0 Å². The van der Waals surface area contributed by atoms with Crippen molar-refractivity contribution in [2.75, 3.05) is 6.61 Å². The van der Waals surface area contributed by atoms with Gasteiger partial charge in [-0.15, -0.1) is 0 Å². The van der Waals surface area contributed by atoms with E-state index in [0.29, 0.717) is 24.4 Å². The first-order valence-corrected chi connectivity index (χ1v) is 22.5. The molecule has 0 aliphatic carbocycles. The van der Waals surface area contributed by atoms with Gasteiger partial charge in [0, 0.05) is 0 Å². The Labute approximate surface area is 210 Å². The van der Waals surface area contributed by atoms with E-state index in [9.17, 15) is 4.79 Å². The fourth-order valence-electron chi connectivity index (χ4n) is 5.10. The lowest BCUT2D eigenvalue weighted by Crippen LogP contribution is -2.52. The van der Waals surface area contributed by atoms with Crippen LogP contribution in [0.4, 0.5) is 0 Å². The second kappa shape index (κ2) is 14.0. The summed E-state index contributed by atoms with van der Waals surface area (Å²) in [4.78, 5) is 12.9. The van der Waals surface area contributed by atoms with Crippen molar-refractivity contribution in [1.29, 1.82) is 0 Å². The Bertz CT molecular complexity index is 578. The predicted octanol–water partition coefficient (Wildman–Crippen LogP) is 8.60. The minimum absolute atomic E-state index is 0.0293. The molecule has 0 amide bonds. The van der Waals surface area contributed by atoms with Crippen LogP contribution in [0.25, 0.3) is 0 Å². The van der Waals surface area contributed by atoms with Crippen molar-refractivity contribution < 1.29 is 17.8 Å². The Morgan fingerprint density at radius 1 is 0.909 bits per heavy atom. The molecule has 33 heavy (non-hydrogen) atoms. The molecule has 7 heteroatoms. The third kappa shape index (κ3) is 13.1. The zero-order valence-electron chi connectivity index (χ0n) is 24.5. The molecule has 0 aromatic rings. The molecule has 0 aromatic heterocycles. The van der Waals surface area contributed by atoms with Crippen molar-refractivity contribution in [2.24, 2.45) is 23.2 Å². The Hall–Kier alpha value is 0.0406. The third-order valence-electron chi connectivity index (χ3n) is 6.85. The summed E-state index contributed by atoms with van der Waals surface area (Å²) in [7, 11) is -5.78. The molecule has 3 unspecified atom stereocenters. The van der Waals surface area contributed by atoms with Crippen LogP contribution in [0.3, 0.4) is 0 Å². The number of unbranched alkanes of at least 4 members (excludes halogenated alkanes) is 1. The maximum Gasteiger partial charge on any atom is 0.311 e. The Balaban J connectivity index is 5.21. The highest BCUT2D eigenvalue weighted by Crippen LogP contribution is 2.39. The number of carbonyl (C=O) groups is 1. The van der Waals surface area contributed by atoms with E-state index >= 15 is 0 Å². The van der Waals surface area contributed by atoms with Crippen LogP contribution in [0.15, 0.2) is 0 Å². The van der Waals surface area contributed by atoms with Gasteiger partial charge < -0.3 is 13.0 Å². The van der Waals surface area contributed by atoms with Gasteiger partial charge in [0.05, 0.1) is 12.0 Å². The zero-order chi connectivity index (χ0) is 26.1. The number of ether oxygens (including phenoxy) is 1. The van der Waals surface area contributed by atoms with Crippen molar-refractivity contribution >= 4 is 31.2 Å². The minimum atomic E-state index is -2.18. The first-order valence-electron chi connectivity index (χ1n) is 13.5. The number of hydrogen-bond acceptors (Lipinski definition) is 4. The average molecular weight is 519 g/mol. The lowest BCUT2D eigenvalue weighted by atomic mass is 9.74. The fraction of sp³-hybridized carbons (Fsp3) is 0.962. The normalized spacial score (nSPS) is 17.0. The summed E-state index contributed by atoms with van der Waals surface area (Å²) in [5, 5.41) is 0. The summed E-state index contributed by atoms with van der Waals surface area (Å²) in [6.45, 7) is 29.6.